The molecule has 0 bridgehead atoms. The first-order chi connectivity index (χ1) is 11.8. The average molecular weight is 361 g/mol. The molecular formula is C19H17F2NO2S. The van der Waals surface area contributed by atoms with Crippen LogP contribution in [0, 0.1) is 11.6 Å². The van der Waals surface area contributed by atoms with Gasteiger partial charge in [0.05, 0.1) is 4.90 Å². The smallest absolute Gasteiger partial charge is 0.225 e. The summed E-state index contributed by atoms with van der Waals surface area (Å²) in [5, 5.41) is 6.89. The van der Waals surface area contributed by atoms with Gasteiger partial charge >= 0.3 is 0 Å². The van der Waals surface area contributed by atoms with Gasteiger partial charge < -0.3 is 0 Å². The van der Waals surface area contributed by atoms with Gasteiger partial charge in [-0.25, -0.2) is 22.3 Å². The van der Waals surface area contributed by atoms with E-state index in [-0.39, 0.29) is 4.90 Å². The zero-order valence-electron chi connectivity index (χ0n) is 13.3. The molecule has 0 atom stereocenters. The zero-order valence-corrected chi connectivity index (χ0v) is 14.1. The van der Waals surface area contributed by atoms with E-state index in [4.69, 9.17) is 5.14 Å². The van der Waals surface area contributed by atoms with Gasteiger partial charge in [0, 0.05) is 0 Å². The number of nitrogens with two attached hydrogens (primary N) is 1. The molecule has 3 aromatic rings. The molecule has 0 unspecified atom stereocenters. The highest BCUT2D eigenvalue weighted by molar-refractivity contribution is 7.89. The molecule has 0 heterocycles. The van der Waals surface area contributed by atoms with Crippen molar-refractivity contribution in [2.75, 3.05) is 0 Å². The molecule has 0 aromatic heterocycles. The number of hydrogen-bond acceptors (Lipinski definition) is 2. The van der Waals surface area contributed by atoms with Crippen molar-refractivity contribution < 1.29 is 17.2 Å². The number of sulfonamides is 1. The Morgan fingerprint density at radius 3 is 2.12 bits per heavy atom. The monoisotopic (exact) mass is 361 g/mol. The van der Waals surface area contributed by atoms with Crippen LogP contribution in [0.15, 0.2) is 65.6 Å². The van der Waals surface area contributed by atoms with E-state index < -0.39 is 21.7 Å². The molecule has 1 aliphatic rings. The highest BCUT2D eigenvalue weighted by Crippen LogP contribution is 2.40. The SMILES string of the molecule is Fc1ccc(C2CC2)cc1F.NS(=O)(=O)c1ccc2ccccc2c1. The minimum atomic E-state index is -3.59. The Bertz CT molecular complexity index is 1010. The molecule has 0 spiro atoms. The lowest BCUT2D eigenvalue weighted by Crippen LogP contribution is -2.11. The van der Waals surface area contributed by atoms with Gasteiger partial charge in [0.15, 0.2) is 11.6 Å². The summed E-state index contributed by atoms with van der Waals surface area (Å²) >= 11 is 0. The van der Waals surface area contributed by atoms with Gasteiger partial charge in [0.2, 0.25) is 10.0 Å². The van der Waals surface area contributed by atoms with Gasteiger partial charge in [-0.3, -0.25) is 0 Å². The summed E-state index contributed by atoms with van der Waals surface area (Å²) in [5.74, 6) is -0.992. The lowest BCUT2D eigenvalue weighted by Gasteiger charge is -2.00. The highest BCUT2D eigenvalue weighted by Gasteiger charge is 2.24. The van der Waals surface area contributed by atoms with Crippen molar-refractivity contribution in [2.24, 2.45) is 5.14 Å². The summed E-state index contributed by atoms with van der Waals surface area (Å²) in [4.78, 5) is 0.149. The first-order valence-electron chi connectivity index (χ1n) is 7.81. The summed E-state index contributed by atoms with van der Waals surface area (Å²) < 4.78 is 47.1. The largest absolute Gasteiger partial charge is 0.238 e. The maximum atomic E-state index is 12.6. The van der Waals surface area contributed by atoms with Crippen LogP contribution in [0.1, 0.15) is 24.3 Å². The summed E-state index contributed by atoms with van der Waals surface area (Å²) in [6.45, 7) is 0. The van der Waals surface area contributed by atoms with E-state index in [1.165, 1.54) is 18.2 Å². The Morgan fingerprint density at radius 2 is 1.52 bits per heavy atom. The van der Waals surface area contributed by atoms with Gasteiger partial charge in [-0.15, -0.1) is 0 Å². The van der Waals surface area contributed by atoms with Crippen LogP contribution in [-0.4, -0.2) is 8.42 Å². The zero-order chi connectivity index (χ0) is 18.0. The third kappa shape index (κ3) is 4.41. The number of primary sulfonamides is 1. The summed E-state index contributed by atoms with van der Waals surface area (Å²) in [6.07, 6.45) is 2.23. The van der Waals surface area contributed by atoms with Crippen LogP contribution in [0.3, 0.4) is 0 Å². The van der Waals surface area contributed by atoms with Crippen molar-refractivity contribution in [3.8, 4) is 0 Å². The molecule has 2 N–H and O–H groups in total. The van der Waals surface area contributed by atoms with Gasteiger partial charge in [-0.1, -0.05) is 36.4 Å². The Balaban J connectivity index is 0.000000150. The number of rotatable bonds is 2. The molecule has 1 fully saturated rings. The number of fused-ring (bicyclic) bond motifs is 1. The number of benzene rings is 3. The molecule has 3 aromatic carbocycles. The van der Waals surface area contributed by atoms with E-state index in [1.807, 2.05) is 24.3 Å². The minimum absolute atomic E-state index is 0.149. The molecule has 1 aliphatic carbocycles. The first kappa shape index (κ1) is 17.5. The second-order valence-corrected chi connectivity index (χ2v) is 7.56. The lowest BCUT2D eigenvalue weighted by atomic mass is 10.1. The highest BCUT2D eigenvalue weighted by atomic mass is 32.2. The molecule has 0 radical (unpaired) electrons. The quantitative estimate of drug-likeness (QED) is 0.738. The second-order valence-electron chi connectivity index (χ2n) is 6.00. The topological polar surface area (TPSA) is 60.2 Å². The lowest BCUT2D eigenvalue weighted by molar-refractivity contribution is 0.507. The van der Waals surface area contributed by atoms with Gasteiger partial charge in [-0.05, 0) is 59.4 Å². The fraction of sp³-hybridized carbons (Fsp3) is 0.158. The number of hydrogen-bond donors (Lipinski definition) is 1. The molecule has 0 aliphatic heterocycles. The predicted octanol–water partition coefficient (Wildman–Crippen LogP) is 4.33. The molecule has 1 saturated carbocycles. The van der Waals surface area contributed by atoms with Crippen LogP contribution < -0.4 is 5.14 Å². The average Bonchev–Trinajstić information content (AvgIpc) is 3.42. The van der Waals surface area contributed by atoms with E-state index in [0.717, 1.165) is 29.2 Å². The van der Waals surface area contributed by atoms with Gasteiger partial charge in [-0.2, -0.15) is 0 Å². The first-order valence-corrected chi connectivity index (χ1v) is 9.36. The third-order valence-corrected chi connectivity index (χ3v) is 4.95. The fourth-order valence-electron chi connectivity index (χ4n) is 2.53. The van der Waals surface area contributed by atoms with Crippen molar-refractivity contribution in [1.29, 1.82) is 0 Å². The van der Waals surface area contributed by atoms with E-state index in [0.29, 0.717) is 5.92 Å². The Morgan fingerprint density at radius 1 is 0.840 bits per heavy atom. The van der Waals surface area contributed by atoms with Crippen molar-refractivity contribution in [3.05, 3.63) is 77.9 Å². The van der Waals surface area contributed by atoms with Crippen molar-refractivity contribution >= 4 is 20.8 Å². The van der Waals surface area contributed by atoms with Crippen molar-refractivity contribution in [1.82, 2.24) is 0 Å². The maximum Gasteiger partial charge on any atom is 0.238 e. The normalized spacial score (nSPS) is 14.0. The maximum absolute atomic E-state index is 12.6. The Labute approximate surface area is 145 Å². The molecule has 6 heteroatoms. The molecular weight excluding hydrogens is 344 g/mol. The van der Waals surface area contributed by atoms with E-state index >= 15 is 0 Å². The molecule has 0 saturated heterocycles. The molecule has 4 rings (SSSR count). The van der Waals surface area contributed by atoms with Gasteiger partial charge in [0.25, 0.3) is 0 Å². The standard InChI is InChI=1S/C10H9NO2S.C9H8F2/c11-14(12,13)10-6-5-8-3-1-2-4-9(8)7-10;10-8-4-3-7(5-9(8)11)6-1-2-6/h1-7H,(H2,11,12,13);3-6H,1-2H2. The third-order valence-electron chi connectivity index (χ3n) is 4.04. The van der Waals surface area contributed by atoms with Crippen LogP contribution in [-0.2, 0) is 10.0 Å². The van der Waals surface area contributed by atoms with Crippen molar-refractivity contribution in [3.63, 3.8) is 0 Å². The second kappa shape index (κ2) is 6.90. The molecule has 25 heavy (non-hydrogen) atoms. The van der Waals surface area contributed by atoms with E-state index in [9.17, 15) is 17.2 Å². The van der Waals surface area contributed by atoms with E-state index in [2.05, 4.69) is 0 Å². The minimum Gasteiger partial charge on any atom is -0.225 e. The fourth-order valence-corrected chi connectivity index (χ4v) is 3.08. The van der Waals surface area contributed by atoms with Gasteiger partial charge in [0.1, 0.15) is 0 Å². The summed E-state index contributed by atoms with van der Waals surface area (Å²) in [5.41, 5.74) is 0.934. The molecule has 130 valence electrons. The summed E-state index contributed by atoms with van der Waals surface area (Å²) in [7, 11) is -3.59. The Hall–Kier alpha value is -2.31. The van der Waals surface area contributed by atoms with Crippen LogP contribution in [0.4, 0.5) is 8.78 Å². The molecule has 3 nitrogen and oxygen atoms in total. The van der Waals surface area contributed by atoms with Crippen LogP contribution >= 0.6 is 0 Å². The summed E-state index contributed by atoms with van der Waals surface area (Å²) in [6, 6.07) is 16.5. The molecule has 0 amide bonds. The van der Waals surface area contributed by atoms with Crippen molar-refractivity contribution in [2.45, 2.75) is 23.7 Å². The van der Waals surface area contributed by atoms with E-state index in [1.54, 1.807) is 18.2 Å². The van der Waals surface area contributed by atoms with Crippen LogP contribution in [0.2, 0.25) is 0 Å². The Kier molecular flexibility index (Phi) is 4.83. The van der Waals surface area contributed by atoms with Crippen LogP contribution in [0.5, 0.6) is 0 Å². The van der Waals surface area contributed by atoms with Crippen LogP contribution in [0.25, 0.3) is 10.8 Å². The number of halogens is 2. The predicted molar refractivity (Wildman–Crippen MR) is 93.7 cm³/mol.